The van der Waals surface area contributed by atoms with Crippen LogP contribution >= 0.6 is 0 Å². The summed E-state index contributed by atoms with van der Waals surface area (Å²) in [6.07, 6.45) is -0.281. The fourth-order valence-electron chi connectivity index (χ4n) is 2.46. The summed E-state index contributed by atoms with van der Waals surface area (Å²) in [4.78, 5) is 115. The standard InChI is InChI=1S/C22H36N10O11/c1-23-4-13(33)25-6-15(35)27-8-17(37)29-10-19(39)31-12-21(41)32-11-20(40)30-9-18(38)28-7-16(36)26-5-14(34)24-3-2-22(42)43/h23H,2-12H2,1H3,(H,24,34)(H,25,33)(H,26,36)(H,27,35)(H,28,38)(H,29,37)(H,30,40)(H,31,39)(H,32,41)(H,42,43). The van der Waals surface area contributed by atoms with Crippen LogP contribution in [0.5, 0.6) is 0 Å². The average Bonchev–Trinajstić information content (AvgIpc) is 2.96. The van der Waals surface area contributed by atoms with E-state index < -0.39 is 105 Å². The van der Waals surface area contributed by atoms with Crippen molar-refractivity contribution in [3.05, 3.63) is 0 Å². The topological polar surface area (TPSA) is 311 Å². The summed E-state index contributed by atoms with van der Waals surface area (Å²) in [6, 6.07) is 0. The van der Waals surface area contributed by atoms with Crippen LogP contribution in [-0.2, 0) is 47.9 Å². The Kier molecular flexibility index (Phi) is 19.6. The molecule has 21 heteroatoms. The van der Waals surface area contributed by atoms with Crippen molar-refractivity contribution < 1.29 is 53.1 Å². The smallest absolute Gasteiger partial charge is 0.305 e. The minimum atomic E-state index is -1.10. The monoisotopic (exact) mass is 616 g/mol. The summed E-state index contributed by atoms with van der Waals surface area (Å²) in [5.74, 6) is -7.16. The zero-order valence-electron chi connectivity index (χ0n) is 23.3. The number of rotatable bonds is 21. The second-order valence-electron chi connectivity index (χ2n) is 8.24. The van der Waals surface area contributed by atoms with Crippen molar-refractivity contribution in [1.29, 1.82) is 0 Å². The third-order valence-electron chi connectivity index (χ3n) is 4.57. The number of carboxylic acids is 1. The van der Waals surface area contributed by atoms with Gasteiger partial charge in [-0.3, -0.25) is 47.9 Å². The lowest BCUT2D eigenvalue weighted by molar-refractivity contribution is -0.137. The maximum absolute atomic E-state index is 11.8. The molecule has 9 amide bonds. The maximum Gasteiger partial charge on any atom is 0.305 e. The fraction of sp³-hybridized carbons (Fsp3) is 0.545. The molecule has 0 unspecified atom stereocenters. The molecule has 0 fully saturated rings. The van der Waals surface area contributed by atoms with Crippen LogP contribution in [0.4, 0.5) is 0 Å². The Morgan fingerprint density at radius 1 is 0.372 bits per heavy atom. The molecule has 0 saturated carbocycles. The number of likely N-dealkylation sites (N-methyl/N-ethyl adjacent to an activating group) is 1. The number of hydrogen-bond donors (Lipinski definition) is 11. The van der Waals surface area contributed by atoms with Crippen LogP contribution in [0.2, 0.25) is 0 Å². The van der Waals surface area contributed by atoms with Crippen molar-refractivity contribution in [3.63, 3.8) is 0 Å². The molecule has 0 aromatic carbocycles. The van der Waals surface area contributed by atoms with Gasteiger partial charge in [0.15, 0.2) is 0 Å². The van der Waals surface area contributed by atoms with Crippen LogP contribution in [0, 0.1) is 0 Å². The number of nitrogens with one attached hydrogen (secondary N) is 10. The minimum absolute atomic E-state index is 0.0171. The van der Waals surface area contributed by atoms with Gasteiger partial charge in [0.1, 0.15) is 0 Å². The van der Waals surface area contributed by atoms with Gasteiger partial charge >= 0.3 is 5.97 Å². The van der Waals surface area contributed by atoms with E-state index in [0.29, 0.717) is 0 Å². The van der Waals surface area contributed by atoms with E-state index in [2.05, 4.69) is 53.2 Å². The van der Waals surface area contributed by atoms with Crippen LogP contribution in [0.1, 0.15) is 6.42 Å². The lowest BCUT2D eigenvalue weighted by atomic mass is 10.4. The van der Waals surface area contributed by atoms with Gasteiger partial charge in [0.05, 0.1) is 65.3 Å². The molecule has 0 aliphatic rings. The Hall–Kier alpha value is -5.34. The molecule has 0 heterocycles. The van der Waals surface area contributed by atoms with Crippen LogP contribution in [0.3, 0.4) is 0 Å². The predicted octanol–water partition coefficient (Wildman–Crippen LogP) is -8.27. The molecule has 0 saturated heterocycles. The van der Waals surface area contributed by atoms with E-state index in [-0.39, 0.29) is 26.1 Å². The van der Waals surface area contributed by atoms with Crippen molar-refractivity contribution in [3.8, 4) is 0 Å². The number of carbonyl (C=O) groups excluding carboxylic acids is 9. The van der Waals surface area contributed by atoms with Crippen molar-refractivity contribution in [2.24, 2.45) is 0 Å². The highest BCUT2D eigenvalue weighted by Crippen LogP contribution is 1.77. The number of carbonyl (C=O) groups is 10. The summed E-state index contributed by atoms with van der Waals surface area (Å²) in [6.45, 7) is -3.91. The Balaban J connectivity index is 3.95. The third-order valence-corrected chi connectivity index (χ3v) is 4.57. The molecule has 11 N–H and O–H groups in total. The summed E-state index contributed by atoms with van der Waals surface area (Å²) in [5, 5.41) is 31.0. The first-order chi connectivity index (χ1) is 20.3. The molecule has 0 radical (unpaired) electrons. The van der Waals surface area contributed by atoms with Gasteiger partial charge in [0.2, 0.25) is 53.2 Å². The second kappa shape index (κ2) is 22.4. The molecule has 0 aromatic heterocycles. The molecule has 0 atom stereocenters. The summed E-state index contributed by atoms with van der Waals surface area (Å²) in [7, 11) is 1.55. The first-order valence-electron chi connectivity index (χ1n) is 12.6. The third kappa shape index (κ3) is 23.1. The highest BCUT2D eigenvalue weighted by atomic mass is 16.4. The van der Waals surface area contributed by atoms with E-state index in [4.69, 9.17) is 5.11 Å². The van der Waals surface area contributed by atoms with E-state index in [1.54, 1.807) is 7.05 Å². The van der Waals surface area contributed by atoms with Crippen LogP contribution in [0.25, 0.3) is 0 Å². The van der Waals surface area contributed by atoms with Gasteiger partial charge in [-0.2, -0.15) is 0 Å². The molecule has 240 valence electrons. The van der Waals surface area contributed by atoms with Crippen LogP contribution < -0.4 is 53.2 Å². The Labute approximate surface area is 244 Å². The molecule has 43 heavy (non-hydrogen) atoms. The fourth-order valence-corrected chi connectivity index (χ4v) is 2.46. The Morgan fingerprint density at radius 2 is 0.581 bits per heavy atom. The van der Waals surface area contributed by atoms with Crippen LogP contribution in [-0.4, -0.2) is 137 Å². The SMILES string of the molecule is CNCC(=O)NCC(=O)NCC(=O)NCC(=O)NCC(=O)NCC(=O)NCC(=O)NCC(=O)NCC(=O)NCCC(=O)O. The van der Waals surface area contributed by atoms with Crippen molar-refractivity contribution in [2.75, 3.05) is 72.5 Å². The summed E-state index contributed by atoms with van der Waals surface area (Å²) in [5.41, 5.74) is 0. The molecule has 0 aliphatic heterocycles. The molecule has 21 nitrogen and oxygen atoms in total. The minimum Gasteiger partial charge on any atom is -0.481 e. The second-order valence-corrected chi connectivity index (χ2v) is 8.24. The zero-order valence-corrected chi connectivity index (χ0v) is 23.3. The van der Waals surface area contributed by atoms with E-state index in [0.717, 1.165) is 0 Å². The van der Waals surface area contributed by atoms with Crippen molar-refractivity contribution in [2.45, 2.75) is 6.42 Å². The van der Waals surface area contributed by atoms with Crippen molar-refractivity contribution >= 4 is 59.1 Å². The molecule has 0 aliphatic carbocycles. The van der Waals surface area contributed by atoms with E-state index in [1.807, 2.05) is 0 Å². The largest absolute Gasteiger partial charge is 0.481 e. The van der Waals surface area contributed by atoms with Gasteiger partial charge in [-0.15, -0.1) is 0 Å². The molecular weight excluding hydrogens is 580 g/mol. The van der Waals surface area contributed by atoms with E-state index in [9.17, 15) is 47.9 Å². The summed E-state index contributed by atoms with van der Waals surface area (Å²) >= 11 is 0. The number of aliphatic carboxylic acids is 1. The molecule has 0 bridgehead atoms. The van der Waals surface area contributed by atoms with Gasteiger partial charge < -0.3 is 58.3 Å². The highest BCUT2D eigenvalue weighted by Gasteiger charge is 2.12. The lowest BCUT2D eigenvalue weighted by Gasteiger charge is -2.10. The Bertz CT molecular complexity index is 1050. The van der Waals surface area contributed by atoms with Gasteiger partial charge in [-0.25, -0.2) is 0 Å². The quantitative estimate of drug-likeness (QED) is 0.0573. The van der Waals surface area contributed by atoms with Crippen LogP contribution in [0.15, 0.2) is 0 Å². The summed E-state index contributed by atoms with van der Waals surface area (Å²) < 4.78 is 0. The molecule has 0 aromatic rings. The van der Waals surface area contributed by atoms with Gasteiger partial charge in [0.25, 0.3) is 0 Å². The number of hydrogen-bond acceptors (Lipinski definition) is 11. The first kappa shape index (κ1) is 37.7. The predicted molar refractivity (Wildman–Crippen MR) is 143 cm³/mol. The lowest BCUT2D eigenvalue weighted by Crippen LogP contribution is -2.47. The molecular formula is C22H36N10O11. The maximum atomic E-state index is 11.8. The normalized spacial score (nSPS) is 9.79. The zero-order chi connectivity index (χ0) is 32.6. The van der Waals surface area contributed by atoms with Gasteiger partial charge in [-0.1, -0.05) is 0 Å². The number of carboxylic acid groups (broad SMARTS) is 1. The highest BCUT2D eigenvalue weighted by molar-refractivity contribution is 5.93. The number of amides is 9. The first-order valence-corrected chi connectivity index (χ1v) is 12.6. The molecule has 0 rings (SSSR count). The van der Waals surface area contributed by atoms with E-state index in [1.165, 1.54) is 0 Å². The molecule has 0 spiro atoms. The van der Waals surface area contributed by atoms with Crippen molar-refractivity contribution in [1.82, 2.24) is 53.2 Å². The Morgan fingerprint density at radius 3 is 0.791 bits per heavy atom. The average molecular weight is 617 g/mol. The van der Waals surface area contributed by atoms with Gasteiger partial charge in [-0.05, 0) is 7.05 Å². The van der Waals surface area contributed by atoms with Gasteiger partial charge in [0, 0.05) is 6.54 Å². The van der Waals surface area contributed by atoms with E-state index >= 15 is 0 Å².